The van der Waals surface area contributed by atoms with Crippen molar-refractivity contribution >= 4 is 29.5 Å². The Morgan fingerprint density at radius 3 is 2.17 bits per heavy atom. The smallest absolute Gasteiger partial charge is 0.337 e. The van der Waals surface area contributed by atoms with E-state index in [-0.39, 0.29) is 29.7 Å². The molecule has 42 heavy (non-hydrogen) atoms. The van der Waals surface area contributed by atoms with Crippen LogP contribution in [0.2, 0.25) is 0 Å². The van der Waals surface area contributed by atoms with Crippen molar-refractivity contribution in [1.82, 2.24) is 4.31 Å². The maximum Gasteiger partial charge on any atom is 0.337 e. The summed E-state index contributed by atoms with van der Waals surface area (Å²) in [5.74, 6) is 0.790. The van der Waals surface area contributed by atoms with Gasteiger partial charge in [-0.05, 0) is 116 Å². The average Bonchev–Trinajstić information content (AvgIpc) is 2.98. The van der Waals surface area contributed by atoms with Crippen molar-refractivity contribution in [3.8, 4) is 17.2 Å². The summed E-state index contributed by atoms with van der Waals surface area (Å²) in [6.45, 7) is 6.26. The Labute approximate surface area is 250 Å². The molecule has 1 aliphatic heterocycles. The number of nitrogens with zero attached hydrogens (tertiary/aromatic N) is 1. The van der Waals surface area contributed by atoms with Crippen LogP contribution in [0.15, 0.2) is 95.9 Å². The van der Waals surface area contributed by atoms with Crippen molar-refractivity contribution < 1.29 is 24.2 Å². The largest absolute Gasteiger partial charge is 0.490 e. The lowest BCUT2D eigenvalue weighted by Gasteiger charge is -2.31. The Morgan fingerprint density at radius 2 is 1.50 bits per heavy atom. The van der Waals surface area contributed by atoms with Gasteiger partial charge in [-0.15, -0.1) is 0 Å². The van der Waals surface area contributed by atoms with Gasteiger partial charge in [-0.2, -0.15) is 0 Å². The van der Waals surface area contributed by atoms with Crippen LogP contribution < -0.4 is 14.8 Å². The quantitative estimate of drug-likeness (QED) is 0.187. The van der Waals surface area contributed by atoms with E-state index >= 15 is 0 Å². The van der Waals surface area contributed by atoms with Crippen LogP contribution in [0.3, 0.4) is 0 Å². The SMILES string of the molecule is Cc1ccc(SN2CCC(Oc3ccc(Oc4ccc(CC(=O)Nc5ccccc5C(=O)O)cc4)cc3)CC2)cc1C. The zero-order chi connectivity index (χ0) is 29.5. The van der Waals surface area contributed by atoms with Gasteiger partial charge in [0.2, 0.25) is 5.91 Å². The number of aromatic carboxylic acids is 1. The van der Waals surface area contributed by atoms with E-state index in [4.69, 9.17) is 9.47 Å². The van der Waals surface area contributed by atoms with Gasteiger partial charge in [0, 0.05) is 18.0 Å². The highest BCUT2D eigenvalue weighted by Crippen LogP contribution is 2.30. The van der Waals surface area contributed by atoms with E-state index in [0.717, 1.165) is 37.2 Å². The van der Waals surface area contributed by atoms with Crippen molar-refractivity contribution in [1.29, 1.82) is 0 Å². The standard InChI is InChI=1S/C34H34N2O5S/c1-23-7-16-30(21-24(23)2)42-36-19-17-29(18-20-36)41-28-14-12-27(13-15-28)40-26-10-8-25(9-11-26)22-33(37)35-32-6-4-3-5-31(32)34(38)39/h3-16,21,29H,17-20,22H2,1-2H3,(H,35,37)(H,38,39). The molecule has 1 aliphatic rings. The Balaban J connectivity index is 1.07. The summed E-state index contributed by atoms with van der Waals surface area (Å²) >= 11 is 1.83. The topological polar surface area (TPSA) is 88.1 Å². The number of benzene rings is 4. The van der Waals surface area contributed by atoms with Crippen LogP contribution in [-0.2, 0) is 11.2 Å². The lowest BCUT2D eigenvalue weighted by molar-refractivity contribution is -0.115. The number of carboxylic acid groups (broad SMARTS) is 1. The van der Waals surface area contributed by atoms with E-state index in [0.29, 0.717) is 11.5 Å². The summed E-state index contributed by atoms with van der Waals surface area (Å²) < 4.78 is 14.6. The molecule has 8 heteroatoms. The van der Waals surface area contributed by atoms with Crippen LogP contribution in [0, 0.1) is 13.8 Å². The van der Waals surface area contributed by atoms with E-state index in [1.165, 1.54) is 22.1 Å². The summed E-state index contributed by atoms with van der Waals surface area (Å²) in [6.07, 6.45) is 2.26. The molecule has 4 aromatic rings. The molecule has 1 amide bonds. The minimum absolute atomic E-state index is 0.0550. The molecule has 1 saturated heterocycles. The predicted molar refractivity (Wildman–Crippen MR) is 166 cm³/mol. The molecule has 7 nitrogen and oxygen atoms in total. The number of carboxylic acids is 1. The van der Waals surface area contributed by atoms with E-state index < -0.39 is 5.97 Å². The van der Waals surface area contributed by atoms with Crippen LogP contribution in [0.25, 0.3) is 0 Å². The van der Waals surface area contributed by atoms with Crippen LogP contribution in [0.1, 0.15) is 39.9 Å². The molecule has 0 aliphatic carbocycles. The molecule has 4 aromatic carbocycles. The highest BCUT2D eigenvalue weighted by molar-refractivity contribution is 7.97. The number of para-hydroxylation sites is 1. The number of aryl methyl sites for hydroxylation is 2. The second kappa shape index (κ2) is 13.6. The molecule has 5 rings (SSSR count). The summed E-state index contributed by atoms with van der Waals surface area (Å²) in [4.78, 5) is 25.1. The van der Waals surface area contributed by atoms with E-state index in [2.05, 4.69) is 41.7 Å². The first kappa shape index (κ1) is 29.2. The van der Waals surface area contributed by atoms with E-state index in [9.17, 15) is 14.7 Å². The highest BCUT2D eigenvalue weighted by Gasteiger charge is 2.21. The first-order valence-electron chi connectivity index (χ1n) is 14.0. The third kappa shape index (κ3) is 7.93. The molecule has 216 valence electrons. The molecule has 2 N–H and O–H groups in total. The van der Waals surface area contributed by atoms with Crippen molar-refractivity contribution in [2.24, 2.45) is 0 Å². The predicted octanol–water partition coefficient (Wildman–Crippen LogP) is 7.53. The minimum Gasteiger partial charge on any atom is -0.490 e. The zero-order valence-corrected chi connectivity index (χ0v) is 24.5. The molecule has 0 atom stereocenters. The van der Waals surface area contributed by atoms with Gasteiger partial charge >= 0.3 is 5.97 Å². The van der Waals surface area contributed by atoms with Gasteiger partial charge in [0.05, 0.1) is 17.7 Å². The van der Waals surface area contributed by atoms with Gasteiger partial charge in [0.15, 0.2) is 0 Å². The normalized spacial score (nSPS) is 13.9. The number of carbonyl (C=O) groups excluding carboxylic acids is 1. The van der Waals surface area contributed by atoms with Gasteiger partial charge < -0.3 is 19.9 Å². The lowest BCUT2D eigenvalue weighted by atomic mass is 10.1. The molecule has 0 saturated carbocycles. The van der Waals surface area contributed by atoms with Gasteiger partial charge in [-0.25, -0.2) is 9.10 Å². The van der Waals surface area contributed by atoms with Gasteiger partial charge in [-0.3, -0.25) is 4.79 Å². The fraction of sp³-hybridized carbons (Fsp3) is 0.235. The van der Waals surface area contributed by atoms with Crippen LogP contribution in [0.5, 0.6) is 17.2 Å². The Kier molecular flexibility index (Phi) is 9.46. The summed E-state index contributed by atoms with van der Waals surface area (Å²) in [6, 6.07) is 27.9. The number of nitrogens with one attached hydrogen (secondary N) is 1. The molecule has 0 aromatic heterocycles. The van der Waals surface area contributed by atoms with Crippen molar-refractivity contribution in [3.63, 3.8) is 0 Å². The molecular weight excluding hydrogens is 548 g/mol. The summed E-state index contributed by atoms with van der Waals surface area (Å²) in [5, 5.41) is 12.0. The minimum atomic E-state index is -1.09. The summed E-state index contributed by atoms with van der Waals surface area (Å²) in [5.41, 5.74) is 3.76. The van der Waals surface area contributed by atoms with Crippen LogP contribution in [-0.4, -0.2) is 40.5 Å². The van der Waals surface area contributed by atoms with Gasteiger partial charge in [0.1, 0.15) is 23.4 Å². The number of anilines is 1. The molecule has 1 fully saturated rings. The van der Waals surface area contributed by atoms with Crippen LogP contribution in [0.4, 0.5) is 5.69 Å². The Hall–Kier alpha value is -4.27. The maximum atomic E-state index is 12.5. The first-order valence-corrected chi connectivity index (χ1v) is 14.8. The third-order valence-electron chi connectivity index (χ3n) is 7.20. The average molecular weight is 583 g/mol. The van der Waals surface area contributed by atoms with Gasteiger partial charge in [0.25, 0.3) is 0 Å². The fourth-order valence-corrected chi connectivity index (χ4v) is 5.76. The van der Waals surface area contributed by atoms with Gasteiger partial charge in [-0.1, -0.05) is 30.3 Å². The third-order valence-corrected chi connectivity index (χ3v) is 8.28. The fourth-order valence-electron chi connectivity index (χ4n) is 4.71. The molecule has 0 bridgehead atoms. The number of amides is 1. The van der Waals surface area contributed by atoms with E-state index in [1.54, 1.807) is 18.2 Å². The molecular formula is C34H34N2O5S. The van der Waals surface area contributed by atoms with Crippen molar-refractivity contribution in [2.75, 3.05) is 18.4 Å². The van der Waals surface area contributed by atoms with Crippen LogP contribution >= 0.6 is 11.9 Å². The van der Waals surface area contributed by atoms with Crippen molar-refractivity contribution in [3.05, 3.63) is 113 Å². The number of piperidine rings is 1. The molecule has 0 spiro atoms. The van der Waals surface area contributed by atoms with Crippen molar-refractivity contribution in [2.45, 2.75) is 44.1 Å². The first-order chi connectivity index (χ1) is 20.3. The zero-order valence-electron chi connectivity index (χ0n) is 23.7. The van der Waals surface area contributed by atoms with E-state index in [1.807, 2.05) is 60.5 Å². The molecule has 1 heterocycles. The molecule has 0 unspecified atom stereocenters. The highest BCUT2D eigenvalue weighted by atomic mass is 32.2. The summed E-state index contributed by atoms with van der Waals surface area (Å²) in [7, 11) is 0. The monoisotopic (exact) mass is 582 g/mol. The maximum absolute atomic E-state index is 12.5. The second-order valence-corrected chi connectivity index (χ2v) is 11.5. The molecule has 0 radical (unpaired) electrons. The lowest BCUT2D eigenvalue weighted by Crippen LogP contribution is -2.34. The number of ether oxygens (including phenoxy) is 2. The number of hydrogen-bond donors (Lipinski definition) is 2. The second-order valence-electron chi connectivity index (χ2n) is 10.4. The number of hydrogen-bond acceptors (Lipinski definition) is 6. The Morgan fingerprint density at radius 1 is 0.857 bits per heavy atom. The number of rotatable bonds is 10. The Bertz CT molecular complexity index is 1530. The number of carbonyl (C=O) groups is 2.